The summed E-state index contributed by atoms with van der Waals surface area (Å²) in [7, 11) is -3.74. The van der Waals surface area contributed by atoms with Crippen molar-refractivity contribution >= 4 is 15.9 Å². The molecule has 0 aromatic heterocycles. The summed E-state index contributed by atoms with van der Waals surface area (Å²) in [5, 5.41) is 9.15. The van der Waals surface area contributed by atoms with E-state index < -0.39 is 15.4 Å². The highest BCUT2D eigenvalue weighted by molar-refractivity contribution is 7.89. The van der Waals surface area contributed by atoms with Gasteiger partial charge in [0, 0.05) is 31.6 Å². The van der Waals surface area contributed by atoms with Gasteiger partial charge in [0.2, 0.25) is 15.9 Å². The molecule has 1 heterocycles. The van der Waals surface area contributed by atoms with Crippen molar-refractivity contribution in [3.05, 3.63) is 29.8 Å². The first-order chi connectivity index (χ1) is 11.2. The van der Waals surface area contributed by atoms with Crippen molar-refractivity contribution in [2.45, 2.75) is 32.1 Å². The summed E-state index contributed by atoms with van der Waals surface area (Å²) in [6.07, 6.45) is 0.579. The fourth-order valence-electron chi connectivity index (χ4n) is 2.73. The van der Waals surface area contributed by atoms with Gasteiger partial charge in [0.15, 0.2) is 0 Å². The van der Waals surface area contributed by atoms with Crippen molar-refractivity contribution in [3.8, 4) is 6.07 Å². The Balaban J connectivity index is 2.22. The van der Waals surface area contributed by atoms with Gasteiger partial charge < -0.3 is 4.90 Å². The number of carbonyl (C=O) groups is 1. The largest absolute Gasteiger partial charge is 0.341 e. The predicted octanol–water partition coefficient (Wildman–Crippen LogP) is 1.83. The number of nitrogens with zero attached hydrogens (tertiary/aromatic N) is 3. The molecule has 0 aliphatic carbocycles. The molecule has 24 heavy (non-hydrogen) atoms. The highest BCUT2D eigenvalue weighted by atomic mass is 32.2. The van der Waals surface area contributed by atoms with Crippen molar-refractivity contribution in [2.75, 3.05) is 26.2 Å². The van der Waals surface area contributed by atoms with Gasteiger partial charge in [0.1, 0.15) is 6.07 Å². The average Bonchev–Trinajstić information content (AvgIpc) is 2.79. The van der Waals surface area contributed by atoms with Crippen molar-refractivity contribution in [1.82, 2.24) is 9.21 Å². The fourth-order valence-corrected chi connectivity index (χ4v) is 4.35. The standard InChI is InChI=1S/C17H23N3O3S/c1-17(2,3)16(21)19-9-6-10-20(12-11-19)24(22,23)15-8-5-4-7-14(15)13-18/h4-5,7-8H,6,9-12H2,1-3H3. The summed E-state index contributed by atoms with van der Waals surface area (Å²) in [6.45, 7) is 7.07. The molecule has 0 bridgehead atoms. The summed E-state index contributed by atoms with van der Waals surface area (Å²) < 4.78 is 27.1. The van der Waals surface area contributed by atoms with E-state index in [-0.39, 0.29) is 22.9 Å². The molecule has 6 nitrogen and oxygen atoms in total. The van der Waals surface area contributed by atoms with Crippen LogP contribution in [-0.4, -0.2) is 49.7 Å². The molecule has 0 radical (unpaired) electrons. The summed E-state index contributed by atoms with van der Waals surface area (Å²) in [6, 6.07) is 8.14. The predicted molar refractivity (Wildman–Crippen MR) is 90.6 cm³/mol. The number of nitriles is 1. The highest BCUT2D eigenvalue weighted by Gasteiger charge is 2.32. The number of benzene rings is 1. The zero-order chi connectivity index (χ0) is 18.0. The molecular weight excluding hydrogens is 326 g/mol. The van der Waals surface area contributed by atoms with Gasteiger partial charge in [-0.05, 0) is 18.6 Å². The Bertz CT molecular complexity index is 760. The molecule has 2 rings (SSSR count). The maximum absolute atomic E-state index is 12.9. The number of rotatable bonds is 2. The molecule has 1 aromatic rings. The third kappa shape index (κ3) is 3.77. The Labute approximate surface area is 143 Å². The number of sulfonamides is 1. The molecule has 1 aromatic carbocycles. The third-order valence-electron chi connectivity index (χ3n) is 4.01. The molecule has 0 saturated carbocycles. The van der Waals surface area contributed by atoms with Crippen LogP contribution in [-0.2, 0) is 14.8 Å². The van der Waals surface area contributed by atoms with Crippen LogP contribution in [0.2, 0.25) is 0 Å². The second kappa shape index (κ2) is 6.91. The number of hydrogen-bond donors (Lipinski definition) is 0. The molecule has 0 spiro atoms. The van der Waals surface area contributed by atoms with Crippen LogP contribution in [0.15, 0.2) is 29.2 Å². The Morgan fingerprint density at radius 2 is 1.79 bits per heavy atom. The van der Waals surface area contributed by atoms with Crippen LogP contribution in [0.25, 0.3) is 0 Å². The van der Waals surface area contributed by atoms with Crippen molar-refractivity contribution in [1.29, 1.82) is 5.26 Å². The van der Waals surface area contributed by atoms with E-state index in [1.165, 1.54) is 16.4 Å². The summed E-state index contributed by atoms with van der Waals surface area (Å²) in [5.74, 6) is 0.0270. The van der Waals surface area contributed by atoms with Gasteiger partial charge in [-0.15, -0.1) is 0 Å². The molecule has 1 aliphatic rings. The molecule has 0 unspecified atom stereocenters. The lowest BCUT2D eigenvalue weighted by molar-refractivity contribution is -0.139. The average molecular weight is 349 g/mol. The topological polar surface area (TPSA) is 81.5 Å². The molecule has 0 N–H and O–H groups in total. The minimum atomic E-state index is -3.74. The number of amides is 1. The van der Waals surface area contributed by atoms with Crippen molar-refractivity contribution in [3.63, 3.8) is 0 Å². The fraction of sp³-hybridized carbons (Fsp3) is 0.529. The number of carbonyl (C=O) groups excluding carboxylic acids is 1. The highest BCUT2D eigenvalue weighted by Crippen LogP contribution is 2.23. The van der Waals surface area contributed by atoms with E-state index in [9.17, 15) is 13.2 Å². The van der Waals surface area contributed by atoms with Crippen LogP contribution in [0.4, 0.5) is 0 Å². The van der Waals surface area contributed by atoms with E-state index in [2.05, 4.69) is 0 Å². The van der Waals surface area contributed by atoms with Crippen LogP contribution in [0.3, 0.4) is 0 Å². The lowest BCUT2D eigenvalue weighted by Crippen LogP contribution is -2.42. The monoisotopic (exact) mass is 349 g/mol. The normalized spacial score (nSPS) is 17.2. The first-order valence-electron chi connectivity index (χ1n) is 7.96. The molecular formula is C17H23N3O3S. The van der Waals surface area contributed by atoms with Crippen LogP contribution < -0.4 is 0 Å². The van der Waals surface area contributed by atoms with Gasteiger partial charge in [-0.1, -0.05) is 32.9 Å². The molecule has 1 saturated heterocycles. The Hall–Kier alpha value is -1.91. The lowest BCUT2D eigenvalue weighted by Gasteiger charge is -2.28. The SMILES string of the molecule is CC(C)(C)C(=O)N1CCCN(S(=O)(=O)c2ccccc2C#N)CC1. The van der Waals surface area contributed by atoms with Gasteiger partial charge in [-0.2, -0.15) is 9.57 Å². The van der Waals surface area contributed by atoms with Gasteiger partial charge in [-0.25, -0.2) is 8.42 Å². The molecule has 130 valence electrons. The van der Waals surface area contributed by atoms with E-state index >= 15 is 0 Å². The molecule has 1 aliphatic heterocycles. The quantitative estimate of drug-likeness (QED) is 0.816. The molecule has 1 fully saturated rings. The maximum Gasteiger partial charge on any atom is 0.244 e. The molecule has 1 amide bonds. The second-order valence-electron chi connectivity index (χ2n) is 6.91. The number of hydrogen-bond acceptors (Lipinski definition) is 4. The zero-order valence-corrected chi connectivity index (χ0v) is 15.1. The van der Waals surface area contributed by atoms with E-state index in [1.807, 2.05) is 26.8 Å². The van der Waals surface area contributed by atoms with Crippen molar-refractivity contribution in [2.24, 2.45) is 5.41 Å². The van der Waals surface area contributed by atoms with E-state index in [0.717, 1.165) is 0 Å². The summed E-state index contributed by atoms with van der Waals surface area (Å²) in [4.78, 5) is 14.2. The van der Waals surface area contributed by atoms with Crippen LogP contribution in [0.1, 0.15) is 32.8 Å². The third-order valence-corrected chi connectivity index (χ3v) is 5.97. The lowest BCUT2D eigenvalue weighted by atomic mass is 9.94. The van der Waals surface area contributed by atoms with Crippen LogP contribution >= 0.6 is 0 Å². The Kier molecular flexibility index (Phi) is 5.31. The van der Waals surface area contributed by atoms with Gasteiger partial charge in [0.25, 0.3) is 0 Å². The van der Waals surface area contributed by atoms with Gasteiger partial charge >= 0.3 is 0 Å². The second-order valence-corrected chi connectivity index (χ2v) is 8.81. The summed E-state index contributed by atoms with van der Waals surface area (Å²) in [5.41, 5.74) is -0.342. The minimum Gasteiger partial charge on any atom is -0.341 e. The smallest absolute Gasteiger partial charge is 0.244 e. The van der Waals surface area contributed by atoms with Crippen LogP contribution in [0.5, 0.6) is 0 Å². The van der Waals surface area contributed by atoms with Gasteiger partial charge in [-0.3, -0.25) is 4.79 Å². The van der Waals surface area contributed by atoms with Crippen molar-refractivity contribution < 1.29 is 13.2 Å². The Morgan fingerprint density at radius 3 is 2.42 bits per heavy atom. The van der Waals surface area contributed by atoms with Gasteiger partial charge in [0.05, 0.1) is 10.5 Å². The summed E-state index contributed by atoms with van der Waals surface area (Å²) >= 11 is 0. The minimum absolute atomic E-state index is 0.0270. The first kappa shape index (κ1) is 18.4. The van der Waals surface area contributed by atoms with E-state index in [4.69, 9.17) is 5.26 Å². The van der Waals surface area contributed by atoms with E-state index in [0.29, 0.717) is 26.1 Å². The molecule has 0 atom stereocenters. The first-order valence-corrected chi connectivity index (χ1v) is 9.40. The Morgan fingerprint density at radius 1 is 1.12 bits per heavy atom. The molecule has 7 heteroatoms. The maximum atomic E-state index is 12.9. The van der Waals surface area contributed by atoms with E-state index in [1.54, 1.807) is 17.0 Å². The zero-order valence-electron chi connectivity index (χ0n) is 14.3. The van der Waals surface area contributed by atoms with Crippen LogP contribution in [0, 0.1) is 16.7 Å².